The van der Waals surface area contributed by atoms with E-state index in [2.05, 4.69) is 0 Å². The Bertz CT molecular complexity index is 175. The second-order valence-electron chi connectivity index (χ2n) is 3.40. The standard InChI is InChI=1S/C8H15NO3/c1-5(10)8(12)9(2)6-3-7(11)4-6/h5-7,10-11H,3-4H2,1-2H3. The van der Waals surface area contributed by atoms with E-state index in [1.807, 2.05) is 0 Å². The van der Waals surface area contributed by atoms with Crippen LogP contribution in [0.2, 0.25) is 0 Å². The van der Waals surface area contributed by atoms with Crippen LogP contribution >= 0.6 is 0 Å². The molecule has 1 amide bonds. The summed E-state index contributed by atoms with van der Waals surface area (Å²) in [5.41, 5.74) is 0. The van der Waals surface area contributed by atoms with Crippen LogP contribution in [0.15, 0.2) is 0 Å². The summed E-state index contributed by atoms with van der Waals surface area (Å²) >= 11 is 0. The zero-order valence-corrected chi connectivity index (χ0v) is 7.40. The van der Waals surface area contributed by atoms with Gasteiger partial charge in [0.15, 0.2) is 0 Å². The molecule has 0 aromatic heterocycles. The van der Waals surface area contributed by atoms with Gasteiger partial charge in [-0.1, -0.05) is 0 Å². The number of carbonyl (C=O) groups excluding carboxylic acids is 1. The van der Waals surface area contributed by atoms with E-state index in [1.54, 1.807) is 7.05 Å². The molecule has 1 unspecified atom stereocenters. The molecule has 12 heavy (non-hydrogen) atoms. The van der Waals surface area contributed by atoms with Crippen LogP contribution in [0.3, 0.4) is 0 Å². The van der Waals surface area contributed by atoms with Crippen molar-refractivity contribution in [3.63, 3.8) is 0 Å². The molecular weight excluding hydrogens is 158 g/mol. The fraction of sp³-hybridized carbons (Fsp3) is 0.875. The minimum absolute atomic E-state index is 0.113. The van der Waals surface area contributed by atoms with Gasteiger partial charge in [0, 0.05) is 13.1 Å². The lowest BCUT2D eigenvalue weighted by atomic mass is 9.88. The largest absolute Gasteiger partial charge is 0.393 e. The van der Waals surface area contributed by atoms with Crippen LogP contribution in [-0.4, -0.2) is 46.3 Å². The summed E-state index contributed by atoms with van der Waals surface area (Å²) in [6.07, 6.45) is 0.0659. The van der Waals surface area contributed by atoms with Crippen LogP contribution in [0, 0.1) is 0 Å². The molecule has 0 aliphatic heterocycles. The van der Waals surface area contributed by atoms with Crippen molar-refractivity contribution in [3.8, 4) is 0 Å². The Balaban J connectivity index is 2.38. The van der Waals surface area contributed by atoms with Crippen molar-refractivity contribution in [1.82, 2.24) is 4.90 Å². The smallest absolute Gasteiger partial charge is 0.251 e. The highest BCUT2D eigenvalue weighted by molar-refractivity contribution is 5.80. The van der Waals surface area contributed by atoms with Crippen molar-refractivity contribution in [2.75, 3.05) is 7.05 Å². The van der Waals surface area contributed by atoms with Gasteiger partial charge in [0.05, 0.1) is 6.10 Å². The summed E-state index contributed by atoms with van der Waals surface area (Å²) in [6, 6.07) is 0.113. The number of rotatable bonds is 2. The van der Waals surface area contributed by atoms with Gasteiger partial charge in [0.25, 0.3) is 5.91 Å². The predicted octanol–water partition coefficient (Wildman–Crippen LogP) is -0.651. The highest BCUT2D eigenvalue weighted by Crippen LogP contribution is 2.24. The Kier molecular flexibility index (Phi) is 2.69. The van der Waals surface area contributed by atoms with Gasteiger partial charge in [0.1, 0.15) is 6.10 Å². The second-order valence-corrected chi connectivity index (χ2v) is 3.40. The molecule has 1 fully saturated rings. The first-order valence-electron chi connectivity index (χ1n) is 4.15. The third-order valence-corrected chi connectivity index (χ3v) is 2.34. The van der Waals surface area contributed by atoms with Gasteiger partial charge in [-0.25, -0.2) is 0 Å². The van der Waals surface area contributed by atoms with Crippen LogP contribution in [0.4, 0.5) is 0 Å². The van der Waals surface area contributed by atoms with Crippen molar-refractivity contribution < 1.29 is 15.0 Å². The van der Waals surface area contributed by atoms with Gasteiger partial charge in [-0.15, -0.1) is 0 Å². The van der Waals surface area contributed by atoms with Crippen LogP contribution < -0.4 is 0 Å². The fourth-order valence-corrected chi connectivity index (χ4v) is 1.35. The van der Waals surface area contributed by atoms with Gasteiger partial charge in [-0.3, -0.25) is 4.79 Å². The molecule has 1 saturated carbocycles. The molecular formula is C8H15NO3. The Morgan fingerprint density at radius 3 is 2.42 bits per heavy atom. The quantitative estimate of drug-likeness (QED) is 0.583. The lowest BCUT2D eigenvalue weighted by Gasteiger charge is -2.38. The monoisotopic (exact) mass is 173 g/mol. The van der Waals surface area contributed by atoms with E-state index in [1.165, 1.54) is 11.8 Å². The molecule has 0 heterocycles. The van der Waals surface area contributed by atoms with Crippen LogP contribution in [-0.2, 0) is 4.79 Å². The van der Waals surface area contributed by atoms with Crippen molar-refractivity contribution >= 4 is 5.91 Å². The maximum Gasteiger partial charge on any atom is 0.251 e. The number of aliphatic hydroxyl groups is 2. The zero-order valence-electron chi connectivity index (χ0n) is 7.40. The molecule has 1 aliphatic carbocycles. The predicted molar refractivity (Wildman–Crippen MR) is 43.5 cm³/mol. The molecule has 70 valence electrons. The zero-order chi connectivity index (χ0) is 9.30. The van der Waals surface area contributed by atoms with E-state index in [4.69, 9.17) is 10.2 Å². The molecule has 0 spiro atoms. The normalized spacial score (nSPS) is 30.7. The number of carbonyl (C=O) groups is 1. The van der Waals surface area contributed by atoms with Gasteiger partial charge in [0.2, 0.25) is 0 Å². The number of hydrogen-bond acceptors (Lipinski definition) is 3. The first-order valence-corrected chi connectivity index (χ1v) is 4.15. The average molecular weight is 173 g/mol. The number of amides is 1. The lowest BCUT2D eigenvalue weighted by molar-refractivity contribution is -0.143. The highest BCUT2D eigenvalue weighted by Gasteiger charge is 2.33. The van der Waals surface area contributed by atoms with Gasteiger partial charge < -0.3 is 15.1 Å². The first-order chi connectivity index (χ1) is 5.52. The molecule has 0 aromatic rings. The van der Waals surface area contributed by atoms with E-state index in [-0.39, 0.29) is 18.1 Å². The average Bonchev–Trinajstić information content (AvgIpc) is 1.95. The van der Waals surface area contributed by atoms with Crippen LogP contribution in [0.5, 0.6) is 0 Å². The minimum atomic E-state index is -0.937. The number of hydrogen-bond donors (Lipinski definition) is 2. The van der Waals surface area contributed by atoms with E-state index >= 15 is 0 Å². The first kappa shape index (κ1) is 9.48. The third-order valence-electron chi connectivity index (χ3n) is 2.34. The Labute approximate surface area is 71.8 Å². The van der Waals surface area contributed by atoms with Crippen molar-refractivity contribution in [3.05, 3.63) is 0 Å². The summed E-state index contributed by atoms with van der Waals surface area (Å²) in [6.45, 7) is 1.45. The van der Waals surface area contributed by atoms with Gasteiger partial charge in [-0.05, 0) is 19.8 Å². The number of aliphatic hydroxyl groups excluding tert-OH is 2. The number of likely N-dealkylation sites (N-methyl/N-ethyl adjacent to an activating group) is 1. The van der Waals surface area contributed by atoms with Crippen LogP contribution in [0.1, 0.15) is 19.8 Å². The molecule has 0 bridgehead atoms. The Hall–Kier alpha value is -0.610. The molecule has 1 rings (SSSR count). The van der Waals surface area contributed by atoms with E-state index in [9.17, 15) is 4.79 Å². The molecule has 2 N–H and O–H groups in total. The second kappa shape index (κ2) is 3.41. The van der Waals surface area contributed by atoms with Gasteiger partial charge >= 0.3 is 0 Å². The fourth-order valence-electron chi connectivity index (χ4n) is 1.35. The van der Waals surface area contributed by atoms with Gasteiger partial charge in [-0.2, -0.15) is 0 Å². The van der Waals surface area contributed by atoms with Crippen LogP contribution in [0.25, 0.3) is 0 Å². The SMILES string of the molecule is CC(O)C(=O)N(C)C1CC(O)C1. The summed E-state index contributed by atoms with van der Waals surface area (Å²) in [4.78, 5) is 12.7. The Morgan fingerprint density at radius 2 is 2.08 bits per heavy atom. The highest BCUT2D eigenvalue weighted by atomic mass is 16.3. The van der Waals surface area contributed by atoms with Crippen molar-refractivity contribution in [2.24, 2.45) is 0 Å². The maximum atomic E-state index is 11.2. The molecule has 0 aromatic carbocycles. The van der Waals surface area contributed by atoms with E-state index < -0.39 is 6.10 Å². The lowest BCUT2D eigenvalue weighted by Crippen LogP contribution is -2.50. The van der Waals surface area contributed by atoms with E-state index in [0.717, 1.165) is 0 Å². The van der Waals surface area contributed by atoms with E-state index in [0.29, 0.717) is 12.8 Å². The minimum Gasteiger partial charge on any atom is -0.393 e. The molecule has 1 aliphatic rings. The van der Waals surface area contributed by atoms with Crippen molar-refractivity contribution in [2.45, 2.75) is 38.0 Å². The molecule has 1 atom stereocenters. The Morgan fingerprint density at radius 1 is 1.58 bits per heavy atom. The molecule has 0 radical (unpaired) electrons. The van der Waals surface area contributed by atoms with Crippen molar-refractivity contribution in [1.29, 1.82) is 0 Å². The summed E-state index contributed by atoms with van der Waals surface area (Å²) in [5.74, 6) is -0.271. The molecule has 4 heteroatoms. The third kappa shape index (κ3) is 1.76. The summed E-state index contributed by atoms with van der Waals surface area (Å²) in [5, 5.41) is 18.0. The topological polar surface area (TPSA) is 60.8 Å². The summed E-state index contributed by atoms with van der Waals surface area (Å²) < 4.78 is 0. The maximum absolute atomic E-state index is 11.2. The number of nitrogens with zero attached hydrogens (tertiary/aromatic N) is 1. The summed E-state index contributed by atoms with van der Waals surface area (Å²) in [7, 11) is 1.66. The molecule has 0 saturated heterocycles. The molecule has 4 nitrogen and oxygen atoms in total.